The summed E-state index contributed by atoms with van der Waals surface area (Å²) in [6, 6.07) is 14.8. The van der Waals surface area contributed by atoms with Crippen molar-refractivity contribution in [2.24, 2.45) is 0 Å². The lowest BCUT2D eigenvalue weighted by Gasteiger charge is -2.40. The standard InChI is InChI=1S/C23H28O5S/c1-2-13-3-5-14(6-4-13)16-9-10-29-19-8-7-15(11-17(16)19)23-22(27)21(26)20(25)18(12-24)28-23/h3-8,11,16,18,20-27H,2,9-10,12H2,1H3. The van der Waals surface area contributed by atoms with Crippen molar-refractivity contribution in [1.29, 1.82) is 0 Å². The van der Waals surface area contributed by atoms with Crippen LogP contribution in [-0.4, -0.2) is 57.2 Å². The maximum atomic E-state index is 10.5. The van der Waals surface area contributed by atoms with Crippen LogP contribution in [0.1, 0.15) is 47.6 Å². The van der Waals surface area contributed by atoms with Gasteiger partial charge in [0.1, 0.15) is 30.5 Å². The molecule has 6 heteroatoms. The molecule has 2 aromatic rings. The van der Waals surface area contributed by atoms with Crippen LogP contribution in [-0.2, 0) is 11.2 Å². The minimum absolute atomic E-state index is 0.266. The number of thioether (sulfide) groups is 1. The molecule has 5 nitrogen and oxygen atoms in total. The van der Waals surface area contributed by atoms with Crippen molar-refractivity contribution in [1.82, 2.24) is 0 Å². The van der Waals surface area contributed by atoms with Gasteiger partial charge in [-0.15, -0.1) is 11.8 Å². The molecule has 6 atom stereocenters. The highest BCUT2D eigenvalue weighted by Gasteiger charge is 2.44. The average molecular weight is 417 g/mol. The number of aryl methyl sites for hydroxylation is 1. The van der Waals surface area contributed by atoms with E-state index in [2.05, 4.69) is 31.2 Å². The third-order valence-corrected chi connectivity index (χ3v) is 7.21. The van der Waals surface area contributed by atoms with Gasteiger partial charge < -0.3 is 25.2 Å². The molecule has 0 aromatic heterocycles. The molecule has 0 radical (unpaired) electrons. The van der Waals surface area contributed by atoms with E-state index in [9.17, 15) is 20.4 Å². The number of benzene rings is 2. The molecular weight excluding hydrogens is 388 g/mol. The summed E-state index contributed by atoms with van der Waals surface area (Å²) in [5.74, 6) is 1.31. The molecule has 2 aliphatic rings. The molecule has 0 amide bonds. The van der Waals surface area contributed by atoms with Crippen molar-refractivity contribution in [3.05, 3.63) is 64.7 Å². The summed E-state index contributed by atoms with van der Waals surface area (Å²) in [6.07, 6.45) is -3.63. The van der Waals surface area contributed by atoms with Crippen LogP contribution >= 0.6 is 11.8 Å². The Morgan fingerprint density at radius 3 is 2.38 bits per heavy atom. The van der Waals surface area contributed by atoms with Crippen molar-refractivity contribution in [2.45, 2.75) is 61.1 Å². The number of rotatable bonds is 4. The minimum atomic E-state index is -1.37. The summed E-state index contributed by atoms with van der Waals surface area (Å²) < 4.78 is 5.76. The molecule has 1 saturated heterocycles. The van der Waals surface area contributed by atoms with Gasteiger partial charge in [0.2, 0.25) is 0 Å². The van der Waals surface area contributed by atoms with Gasteiger partial charge in [-0.25, -0.2) is 0 Å². The van der Waals surface area contributed by atoms with Crippen LogP contribution in [0.15, 0.2) is 47.4 Å². The first-order chi connectivity index (χ1) is 14.0. The Kier molecular flexibility index (Phi) is 6.30. The first-order valence-corrected chi connectivity index (χ1v) is 11.2. The highest BCUT2D eigenvalue weighted by molar-refractivity contribution is 7.99. The fourth-order valence-electron chi connectivity index (χ4n) is 4.30. The van der Waals surface area contributed by atoms with E-state index < -0.39 is 37.1 Å². The van der Waals surface area contributed by atoms with Crippen molar-refractivity contribution < 1.29 is 25.2 Å². The maximum Gasteiger partial charge on any atom is 0.113 e. The Hall–Kier alpha value is -1.41. The minimum Gasteiger partial charge on any atom is -0.394 e. The molecule has 6 unspecified atom stereocenters. The maximum absolute atomic E-state index is 10.5. The van der Waals surface area contributed by atoms with E-state index in [1.807, 2.05) is 30.0 Å². The Morgan fingerprint density at radius 2 is 1.69 bits per heavy atom. The Bertz CT molecular complexity index is 838. The molecule has 2 aromatic carbocycles. The SMILES string of the molecule is CCc1ccc(C2CCSc3ccc(C4OC(CO)C(O)C(O)C4O)cc32)cc1. The lowest BCUT2D eigenvalue weighted by molar-refractivity contribution is -0.231. The number of aliphatic hydroxyl groups is 4. The van der Waals surface area contributed by atoms with Gasteiger partial charge in [-0.2, -0.15) is 0 Å². The first kappa shape index (κ1) is 20.8. The second-order valence-corrected chi connectivity index (χ2v) is 8.97. The fraction of sp³-hybridized carbons (Fsp3) is 0.478. The van der Waals surface area contributed by atoms with E-state index in [-0.39, 0.29) is 5.92 Å². The third-order valence-electron chi connectivity index (χ3n) is 6.08. The Morgan fingerprint density at radius 1 is 0.966 bits per heavy atom. The van der Waals surface area contributed by atoms with Crippen LogP contribution in [0.3, 0.4) is 0 Å². The number of ether oxygens (including phenoxy) is 1. The largest absolute Gasteiger partial charge is 0.394 e. The molecule has 4 N–H and O–H groups in total. The van der Waals surface area contributed by atoms with Crippen LogP contribution in [0.4, 0.5) is 0 Å². The van der Waals surface area contributed by atoms with E-state index in [0.717, 1.165) is 24.2 Å². The van der Waals surface area contributed by atoms with Crippen LogP contribution in [0.5, 0.6) is 0 Å². The van der Waals surface area contributed by atoms with Crippen LogP contribution in [0.2, 0.25) is 0 Å². The topological polar surface area (TPSA) is 90.2 Å². The zero-order chi connectivity index (χ0) is 20.5. The first-order valence-electron chi connectivity index (χ1n) is 10.2. The smallest absolute Gasteiger partial charge is 0.113 e. The number of hydrogen-bond acceptors (Lipinski definition) is 6. The quantitative estimate of drug-likeness (QED) is 0.612. The predicted octanol–water partition coefficient (Wildman–Crippen LogP) is 2.39. The molecule has 2 aliphatic heterocycles. The summed E-state index contributed by atoms with van der Waals surface area (Å²) >= 11 is 1.82. The molecule has 29 heavy (non-hydrogen) atoms. The summed E-state index contributed by atoms with van der Waals surface area (Å²) in [5.41, 5.74) is 4.53. The van der Waals surface area contributed by atoms with Crippen molar-refractivity contribution >= 4 is 11.8 Å². The lowest BCUT2D eigenvalue weighted by atomic mass is 9.85. The normalized spacial score (nSPS) is 32.0. The molecule has 1 fully saturated rings. The molecule has 4 rings (SSSR count). The Labute approximate surface area is 175 Å². The zero-order valence-electron chi connectivity index (χ0n) is 16.4. The monoisotopic (exact) mass is 416 g/mol. The van der Waals surface area contributed by atoms with E-state index >= 15 is 0 Å². The van der Waals surface area contributed by atoms with Gasteiger partial charge in [0.15, 0.2) is 0 Å². The molecule has 2 heterocycles. The lowest BCUT2D eigenvalue weighted by Crippen LogP contribution is -2.55. The fourth-order valence-corrected chi connectivity index (χ4v) is 5.40. The van der Waals surface area contributed by atoms with E-state index in [4.69, 9.17) is 4.74 Å². The molecule has 156 valence electrons. The van der Waals surface area contributed by atoms with E-state index in [1.54, 1.807) is 0 Å². The highest BCUT2D eigenvalue weighted by atomic mass is 32.2. The molecule has 0 spiro atoms. The highest BCUT2D eigenvalue weighted by Crippen LogP contribution is 2.43. The van der Waals surface area contributed by atoms with Crippen molar-refractivity contribution in [3.63, 3.8) is 0 Å². The molecular formula is C23H28O5S. The van der Waals surface area contributed by atoms with E-state index in [1.165, 1.54) is 21.6 Å². The predicted molar refractivity (Wildman–Crippen MR) is 112 cm³/mol. The van der Waals surface area contributed by atoms with Crippen molar-refractivity contribution in [3.8, 4) is 0 Å². The molecule has 0 aliphatic carbocycles. The van der Waals surface area contributed by atoms with Crippen LogP contribution in [0.25, 0.3) is 0 Å². The number of aliphatic hydroxyl groups excluding tert-OH is 4. The number of fused-ring (bicyclic) bond motifs is 1. The van der Waals surface area contributed by atoms with Gasteiger partial charge in [-0.05, 0) is 46.9 Å². The van der Waals surface area contributed by atoms with Gasteiger partial charge in [0.05, 0.1) is 6.61 Å². The van der Waals surface area contributed by atoms with Crippen molar-refractivity contribution in [2.75, 3.05) is 12.4 Å². The summed E-state index contributed by atoms with van der Waals surface area (Å²) in [4.78, 5) is 1.22. The molecule has 0 saturated carbocycles. The zero-order valence-corrected chi connectivity index (χ0v) is 17.3. The van der Waals surface area contributed by atoms with Crippen LogP contribution in [0, 0.1) is 0 Å². The molecule has 0 bridgehead atoms. The van der Waals surface area contributed by atoms with Gasteiger partial charge >= 0.3 is 0 Å². The third kappa shape index (κ3) is 3.98. The Balaban J connectivity index is 1.67. The summed E-state index contributed by atoms with van der Waals surface area (Å²) in [5, 5.41) is 40.2. The van der Waals surface area contributed by atoms with Gasteiger partial charge in [-0.1, -0.05) is 43.3 Å². The van der Waals surface area contributed by atoms with Gasteiger partial charge in [0, 0.05) is 10.8 Å². The van der Waals surface area contributed by atoms with Gasteiger partial charge in [-0.3, -0.25) is 0 Å². The van der Waals surface area contributed by atoms with Gasteiger partial charge in [0.25, 0.3) is 0 Å². The summed E-state index contributed by atoms with van der Waals surface area (Å²) in [6.45, 7) is 1.73. The van der Waals surface area contributed by atoms with Crippen LogP contribution < -0.4 is 0 Å². The number of hydrogen-bond donors (Lipinski definition) is 4. The van der Waals surface area contributed by atoms with E-state index in [0.29, 0.717) is 0 Å². The summed E-state index contributed by atoms with van der Waals surface area (Å²) in [7, 11) is 0. The average Bonchev–Trinajstić information content (AvgIpc) is 2.77. The second kappa shape index (κ2) is 8.76. The second-order valence-electron chi connectivity index (χ2n) is 7.83.